The van der Waals surface area contributed by atoms with E-state index in [1.54, 1.807) is 0 Å². The lowest BCUT2D eigenvalue weighted by Crippen LogP contribution is -2.50. The SMILES string of the molecule is CN1CCC(CO)(N(C)C)c2ccccc21. The molecule has 88 valence electrons. The highest BCUT2D eigenvalue weighted by Crippen LogP contribution is 2.40. The number of para-hydroxylation sites is 1. The Morgan fingerprint density at radius 3 is 2.69 bits per heavy atom. The highest BCUT2D eigenvalue weighted by atomic mass is 16.3. The zero-order chi connectivity index (χ0) is 11.8. The van der Waals surface area contributed by atoms with E-state index in [1.807, 2.05) is 20.2 Å². The van der Waals surface area contributed by atoms with Crippen LogP contribution in [0.2, 0.25) is 0 Å². The molecule has 0 saturated carbocycles. The van der Waals surface area contributed by atoms with Gasteiger partial charge in [0, 0.05) is 19.3 Å². The maximum absolute atomic E-state index is 9.78. The second-order valence-corrected chi connectivity index (χ2v) is 4.77. The topological polar surface area (TPSA) is 26.7 Å². The van der Waals surface area contributed by atoms with Crippen molar-refractivity contribution in [1.29, 1.82) is 0 Å². The molecule has 1 aromatic carbocycles. The van der Waals surface area contributed by atoms with Crippen LogP contribution in [0.1, 0.15) is 12.0 Å². The second kappa shape index (κ2) is 4.07. The lowest BCUT2D eigenvalue weighted by molar-refractivity contribution is 0.0564. The van der Waals surface area contributed by atoms with Gasteiger partial charge in [-0.2, -0.15) is 0 Å². The molecule has 3 nitrogen and oxygen atoms in total. The summed E-state index contributed by atoms with van der Waals surface area (Å²) in [5, 5.41) is 9.78. The monoisotopic (exact) mass is 220 g/mol. The second-order valence-electron chi connectivity index (χ2n) is 4.77. The van der Waals surface area contributed by atoms with E-state index in [4.69, 9.17) is 0 Å². The molecular weight excluding hydrogens is 200 g/mol. The van der Waals surface area contributed by atoms with E-state index in [-0.39, 0.29) is 12.1 Å². The Hall–Kier alpha value is -1.06. The van der Waals surface area contributed by atoms with Crippen molar-refractivity contribution in [3.63, 3.8) is 0 Å². The van der Waals surface area contributed by atoms with Gasteiger partial charge in [-0.25, -0.2) is 0 Å². The number of aliphatic hydroxyl groups excluding tert-OH is 1. The molecule has 0 spiro atoms. The van der Waals surface area contributed by atoms with E-state index in [1.165, 1.54) is 11.3 Å². The zero-order valence-electron chi connectivity index (χ0n) is 10.3. The van der Waals surface area contributed by atoms with Crippen LogP contribution in [0.25, 0.3) is 0 Å². The third kappa shape index (κ3) is 1.51. The number of fused-ring (bicyclic) bond motifs is 1. The Bertz CT molecular complexity index is 378. The smallest absolute Gasteiger partial charge is 0.0726 e. The molecule has 1 N–H and O–H groups in total. The molecule has 1 aliphatic rings. The summed E-state index contributed by atoms with van der Waals surface area (Å²) in [5.41, 5.74) is 2.25. The van der Waals surface area contributed by atoms with E-state index < -0.39 is 0 Å². The first kappa shape index (κ1) is 11.4. The molecule has 16 heavy (non-hydrogen) atoms. The van der Waals surface area contributed by atoms with Gasteiger partial charge in [0.25, 0.3) is 0 Å². The van der Waals surface area contributed by atoms with E-state index in [0.717, 1.165) is 13.0 Å². The Labute approximate surface area is 97.3 Å². The highest BCUT2D eigenvalue weighted by molar-refractivity contribution is 5.58. The summed E-state index contributed by atoms with van der Waals surface area (Å²) in [5.74, 6) is 0. The Morgan fingerprint density at radius 1 is 1.38 bits per heavy atom. The maximum atomic E-state index is 9.78. The highest BCUT2D eigenvalue weighted by Gasteiger charge is 2.39. The van der Waals surface area contributed by atoms with Crippen LogP contribution in [-0.4, -0.2) is 44.3 Å². The third-order valence-electron chi connectivity index (χ3n) is 3.80. The van der Waals surface area contributed by atoms with Crippen molar-refractivity contribution in [3.8, 4) is 0 Å². The van der Waals surface area contributed by atoms with Gasteiger partial charge >= 0.3 is 0 Å². The van der Waals surface area contributed by atoms with Gasteiger partial charge < -0.3 is 10.0 Å². The number of benzene rings is 1. The number of rotatable bonds is 2. The minimum Gasteiger partial charge on any atom is -0.394 e. The quantitative estimate of drug-likeness (QED) is 0.813. The number of anilines is 1. The van der Waals surface area contributed by atoms with Crippen molar-refractivity contribution in [2.75, 3.05) is 39.2 Å². The first-order chi connectivity index (χ1) is 7.62. The van der Waals surface area contributed by atoms with Crippen molar-refractivity contribution in [2.45, 2.75) is 12.0 Å². The number of nitrogens with zero attached hydrogens (tertiary/aromatic N) is 2. The Morgan fingerprint density at radius 2 is 2.06 bits per heavy atom. The van der Waals surface area contributed by atoms with E-state index in [9.17, 15) is 5.11 Å². The molecule has 1 heterocycles. The molecule has 1 unspecified atom stereocenters. The van der Waals surface area contributed by atoms with Crippen molar-refractivity contribution in [2.24, 2.45) is 0 Å². The average Bonchev–Trinajstić information content (AvgIpc) is 2.30. The number of likely N-dealkylation sites (N-methyl/N-ethyl adjacent to an activating group) is 1. The van der Waals surface area contributed by atoms with E-state index >= 15 is 0 Å². The van der Waals surface area contributed by atoms with Crippen LogP contribution in [0.3, 0.4) is 0 Å². The fourth-order valence-corrected chi connectivity index (χ4v) is 2.58. The molecule has 1 aliphatic heterocycles. The molecule has 3 heteroatoms. The molecule has 0 fully saturated rings. The number of aliphatic hydroxyl groups is 1. The van der Waals surface area contributed by atoms with Crippen molar-refractivity contribution < 1.29 is 5.11 Å². The molecule has 0 aromatic heterocycles. The Kier molecular flexibility index (Phi) is 2.91. The third-order valence-corrected chi connectivity index (χ3v) is 3.80. The number of hydrogen-bond donors (Lipinski definition) is 1. The van der Waals surface area contributed by atoms with Gasteiger partial charge in [0.2, 0.25) is 0 Å². The van der Waals surface area contributed by atoms with Crippen LogP contribution >= 0.6 is 0 Å². The summed E-state index contributed by atoms with van der Waals surface area (Å²) >= 11 is 0. The number of hydrogen-bond acceptors (Lipinski definition) is 3. The summed E-state index contributed by atoms with van der Waals surface area (Å²) in [6, 6.07) is 8.36. The summed E-state index contributed by atoms with van der Waals surface area (Å²) in [7, 11) is 6.19. The minimum atomic E-state index is -0.219. The van der Waals surface area contributed by atoms with E-state index in [0.29, 0.717) is 0 Å². The van der Waals surface area contributed by atoms with Gasteiger partial charge in [0.05, 0.1) is 12.1 Å². The van der Waals surface area contributed by atoms with Crippen LogP contribution in [0.5, 0.6) is 0 Å². The molecular formula is C13H20N2O. The molecule has 1 atom stereocenters. The van der Waals surface area contributed by atoms with Gasteiger partial charge in [-0.05, 0) is 32.1 Å². The van der Waals surface area contributed by atoms with Crippen molar-refractivity contribution in [3.05, 3.63) is 29.8 Å². The van der Waals surface area contributed by atoms with Gasteiger partial charge in [0.15, 0.2) is 0 Å². The lowest BCUT2D eigenvalue weighted by Gasteiger charge is -2.46. The van der Waals surface area contributed by atoms with Crippen LogP contribution < -0.4 is 4.90 Å². The summed E-state index contributed by atoms with van der Waals surface area (Å²) in [6.07, 6.45) is 0.962. The largest absolute Gasteiger partial charge is 0.394 e. The predicted molar refractivity (Wildman–Crippen MR) is 66.8 cm³/mol. The predicted octanol–water partition coefficient (Wildman–Crippen LogP) is 1.28. The first-order valence-corrected chi connectivity index (χ1v) is 5.71. The van der Waals surface area contributed by atoms with Crippen LogP contribution in [0.4, 0.5) is 5.69 Å². The molecule has 0 saturated heterocycles. The summed E-state index contributed by atoms with van der Waals surface area (Å²) < 4.78 is 0. The molecule has 0 bridgehead atoms. The summed E-state index contributed by atoms with van der Waals surface area (Å²) in [6.45, 7) is 1.15. The molecule has 0 amide bonds. The van der Waals surface area contributed by atoms with Gasteiger partial charge in [0.1, 0.15) is 0 Å². The molecule has 0 radical (unpaired) electrons. The van der Waals surface area contributed by atoms with Crippen molar-refractivity contribution >= 4 is 5.69 Å². The molecule has 2 rings (SSSR count). The van der Waals surface area contributed by atoms with Crippen LogP contribution in [-0.2, 0) is 5.54 Å². The normalized spacial score (nSPS) is 24.7. The molecule has 0 aliphatic carbocycles. The van der Waals surface area contributed by atoms with Crippen molar-refractivity contribution in [1.82, 2.24) is 4.90 Å². The average molecular weight is 220 g/mol. The minimum absolute atomic E-state index is 0.171. The maximum Gasteiger partial charge on any atom is 0.0726 e. The molecule has 1 aromatic rings. The van der Waals surface area contributed by atoms with Crippen LogP contribution in [0.15, 0.2) is 24.3 Å². The van der Waals surface area contributed by atoms with Gasteiger partial charge in [-0.1, -0.05) is 18.2 Å². The lowest BCUT2D eigenvalue weighted by atomic mass is 9.82. The Balaban J connectivity index is 2.56. The van der Waals surface area contributed by atoms with Crippen LogP contribution in [0, 0.1) is 0 Å². The summed E-state index contributed by atoms with van der Waals surface area (Å²) in [4.78, 5) is 4.39. The standard InChI is InChI=1S/C13H20N2O/c1-14(2)13(10-16)8-9-15(3)12-7-5-4-6-11(12)13/h4-7,16H,8-10H2,1-3H3. The zero-order valence-corrected chi connectivity index (χ0v) is 10.3. The van der Waals surface area contributed by atoms with Gasteiger partial charge in [-0.15, -0.1) is 0 Å². The fraction of sp³-hybridized carbons (Fsp3) is 0.538. The fourth-order valence-electron chi connectivity index (χ4n) is 2.58. The van der Waals surface area contributed by atoms with Gasteiger partial charge in [-0.3, -0.25) is 4.90 Å². The first-order valence-electron chi connectivity index (χ1n) is 5.71. The van der Waals surface area contributed by atoms with E-state index in [2.05, 4.69) is 35.0 Å².